The fraction of sp³-hybridized carbons (Fsp3) is 0.429. The molecule has 1 N–H and O–H groups in total. The van der Waals surface area contributed by atoms with Gasteiger partial charge in [-0.3, -0.25) is 9.59 Å². The molecule has 1 fully saturated rings. The highest BCUT2D eigenvalue weighted by Crippen LogP contribution is 2.19. The smallest absolute Gasteiger partial charge is 0.257 e. The molecule has 3 rings (SSSR count). The summed E-state index contributed by atoms with van der Waals surface area (Å²) in [7, 11) is 0. The Morgan fingerprint density at radius 3 is 2.56 bits per heavy atom. The van der Waals surface area contributed by atoms with Crippen LogP contribution in [0.3, 0.4) is 0 Å². The van der Waals surface area contributed by atoms with Crippen molar-refractivity contribution < 1.29 is 18.7 Å². The van der Waals surface area contributed by atoms with Gasteiger partial charge in [0, 0.05) is 19.6 Å². The maximum atomic E-state index is 12.3. The number of nitrogens with one attached hydrogen (secondary N) is 1. The number of furan rings is 1. The number of carbonyl (C=O) groups is 2. The summed E-state index contributed by atoms with van der Waals surface area (Å²) < 4.78 is 10.4. The average molecular weight is 370 g/mol. The van der Waals surface area contributed by atoms with Crippen LogP contribution in [0.2, 0.25) is 0 Å². The lowest BCUT2D eigenvalue weighted by Crippen LogP contribution is -2.41. The number of carbonyl (C=O) groups excluding carboxylic acids is 2. The molecule has 27 heavy (non-hydrogen) atoms. The zero-order valence-electron chi connectivity index (χ0n) is 15.6. The number of likely N-dealkylation sites (tertiary alicyclic amines) is 1. The van der Waals surface area contributed by atoms with Crippen LogP contribution in [0.4, 0.5) is 0 Å². The Labute approximate surface area is 159 Å². The number of ether oxygens (including phenoxy) is 1. The van der Waals surface area contributed by atoms with Gasteiger partial charge in [0.15, 0.2) is 0 Å². The van der Waals surface area contributed by atoms with E-state index in [0.29, 0.717) is 44.1 Å². The van der Waals surface area contributed by atoms with Crippen molar-refractivity contribution in [1.82, 2.24) is 10.2 Å². The Bertz CT molecular complexity index is 732. The molecule has 6 nitrogen and oxygen atoms in total. The first-order chi connectivity index (χ1) is 13.2. The van der Waals surface area contributed by atoms with Gasteiger partial charge in [-0.1, -0.05) is 12.1 Å². The number of benzene rings is 1. The molecule has 2 heterocycles. The van der Waals surface area contributed by atoms with Crippen molar-refractivity contribution in [2.75, 3.05) is 26.2 Å². The average Bonchev–Trinajstić information content (AvgIpc) is 3.23. The van der Waals surface area contributed by atoms with Crippen molar-refractivity contribution in [3.63, 3.8) is 0 Å². The molecule has 0 bridgehead atoms. The normalized spacial score (nSPS) is 14.8. The van der Waals surface area contributed by atoms with Crippen molar-refractivity contribution in [2.24, 2.45) is 5.92 Å². The Morgan fingerprint density at radius 1 is 1.19 bits per heavy atom. The quantitative estimate of drug-likeness (QED) is 0.813. The van der Waals surface area contributed by atoms with Gasteiger partial charge in [0.2, 0.25) is 5.91 Å². The maximum absolute atomic E-state index is 12.3. The highest BCUT2D eigenvalue weighted by molar-refractivity contribution is 5.93. The molecule has 1 saturated heterocycles. The third-order valence-corrected chi connectivity index (χ3v) is 4.86. The molecule has 2 aromatic rings. The number of rotatable bonds is 7. The van der Waals surface area contributed by atoms with Crippen molar-refractivity contribution in [3.8, 4) is 5.75 Å². The molecule has 1 aromatic heterocycles. The number of piperidine rings is 1. The Hall–Kier alpha value is -2.76. The molecule has 0 saturated carbocycles. The summed E-state index contributed by atoms with van der Waals surface area (Å²) in [6, 6.07) is 9.31. The van der Waals surface area contributed by atoms with Crippen LogP contribution in [0.5, 0.6) is 5.75 Å². The molecule has 0 spiro atoms. The van der Waals surface area contributed by atoms with Crippen LogP contribution in [0.15, 0.2) is 47.3 Å². The van der Waals surface area contributed by atoms with Gasteiger partial charge in [-0.2, -0.15) is 0 Å². The highest BCUT2D eigenvalue weighted by Gasteiger charge is 2.24. The lowest BCUT2D eigenvalue weighted by atomic mass is 9.96. The summed E-state index contributed by atoms with van der Waals surface area (Å²) >= 11 is 0. The van der Waals surface area contributed by atoms with Crippen LogP contribution in [-0.2, 0) is 11.2 Å². The van der Waals surface area contributed by atoms with Crippen LogP contribution in [0.1, 0.15) is 35.7 Å². The molecular formula is C21H26N2O4. The van der Waals surface area contributed by atoms with Crippen molar-refractivity contribution in [3.05, 3.63) is 54.0 Å². The predicted molar refractivity (Wildman–Crippen MR) is 102 cm³/mol. The first-order valence-corrected chi connectivity index (χ1v) is 9.45. The van der Waals surface area contributed by atoms with Crippen LogP contribution >= 0.6 is 0 Å². The number of amides is 2. The first kappa shape index (κ1) is 19.0. The highest BCUT2D eigenvalue weighted by atomic mass is 16.5. The van der Waals surface area contributed by atoms with E-state index in [4.69, 9.17) is 9.15 Å². The van der Waals surface area contributed by atoms with Crippen molar-refractivity contribution >= 4 is 11.8 Å². The van der Waals surface area contributed by atoms with Crippen LogP contribution in [0, 0.1) is 5.92 Å². The lowest BCUT2D eigenvalue weighted by molar-refractivity contribution is -0.120. The van der Waals surface area contributed by atoms with Crippen LogP contribution < -0.4 is 10.1 Å². The Kier molecular flexibility index (Phi) is 6.52. The fourth-order valence-corrected chi connectivity index (χ4v) is 3.29. The fourth-order valence-electron chi connectivity index (χ4n) is 3.29. The third-order valence-electron chi connectivity index (χ3n) is 4.86. The molecule has 2 amide bonds. The summed E-state index contributed by atoms with van der Waals surface area (Å²) in [6.45, 7) is 4.65. The standard InChI is InChI=1S/C21H26N2O4/c1-2-27-19-5-3-16(4-6-19)13-20(24)22-14-17-7-10-23(11-8-17)21(25)18-9-12-26-15-18/h3-6,9,12,15,17H,2,7-8,10-11,13-14H2,1H3,(H,22,24). The molecule has 0 atom stereocenters. The van der Waals surface area contributed by atoms with E-state index in [2.05, 4.69) is 5.32 Å². The molecule has 6 heteroatoms. The Balaban J connectivity index is 1.38. The summed E-state index contributed by atoms with van der Waals surface area (Å²) in [5.41, 5.74) is 1.56. The van der Waals surface area contributed by atoms with E-state index in [1.165, 1.54) is 12.5 Å². The molecular weight excluding hydrogens is 344 g/mol. The lowest BCUT2D eigenvalue weighted by Gasteiger charge is -2.31. The van der Waals surface area contributed by atoms with E-state index in [1.807, 2.05) is 36.1 Å². The molecule has 1 aliphatic heterocycles. The van der Waals surface area contributed by atoms with Gasteiger partial charge in [-0.05, 0) is 49.4 Å². The van der Waals surface area contributed by atoms with Gasteiger partial charge in [0.25, 0.3) is 5.91 Å². The van der Waals surface area contributed by atoms with E-state index in [0.717, 1.165) is 24.2 Å². The second-order valence-electron chi connectivity index (χ2n) is 6.81. The second-order valence-corrected chi connectivity index (χ2v) is 6.81. The molecule has 144 valence electrons. The monoisotopic (exact) mass is 370 g/mol. The Morgan fingerprint density at radius 2 is 1.93 bits per heavy atom. The minimum atomic E-state index is 0.0155. The number of hydrogen-bond donors (Lipinski definition) is 1. The maximum Gasteiger partial charge on any atom is 0.257 e. The van der Waals surface area contributed by atoms with Crippen LogP contribution in [0.25, 0.3) is 0 Å². The van der Waals surface area contributed by atoms with E-state index >= 15 is 0 Å². The van der Waals surface area contributed by atoms with Gasteiger partial charge >= 0.3 is 0 Å². The van der Waals surface area contributed by atoms with Crippen LogP contribution in [-0.4, -0.2) is 43.0 Å². The largest absolute Gasteiger partial charge is 0.494 e. The minimum Gasteiger partial charge on any atom is -0.494 e. The van der Waals surface area contributed by atoms with Crippen molar-refractivity contribution in [2.45, 2.75) is 26.2 Å². The predicted octanol–water partition coefficient (Wildman–Crippen LogP) is 2.89. The summed E-state index contributed by atoms with van der Waals surface area (Å²) in [5.74, 6) is 1.26. The number of nitrogens with zero attached hydrogens (tertiary/aromatic N) is 1. The zero-order chi connectivity index (χ0) is 19.1. The van der Waals surface area contributed by atoms with Gasteiger partial charge < -0.3 is 19.4 Å². The van der Waals surface area contributed by atoms with Gasteiger partial charge in [0.1, 0.15) is 12.0 Å². The molecule has 1 aromatic carbocycles. The molecule has 0 aliphatic carbocycles. The third kappa shape index (κ3) is 5.36. The van der Waals surface area contributed by atoms with Gasteiger partial charge in [-0.15, -0.1) is 0 Å². The van der Waals surface area contributed by atoms with Gasteiger partial charge in [0.05, 0.1) is 24.9 Å². The summed E-state index contributed by atoms with van der Waals surface area (Å²) in [6.07, 6.45) is 5.15. The molecule has 1 aliphatic rings. The van der Waals surface area contributed by atoms with E-state index < -0.39 is 0 Å². The zero-order valence-corrected chi connectivity index (χ0v) is 15.6. The SMILES string of the molecule is CCOc1ccc(CC(=O)NCC2CCN(C(=O)c3ccoc3)CC2)cc1. The number of hydrogen-bond acceptors (Lipinski definition) is 4. The minimum absolute atomic E-state index is 0.0155. The van der Waals surface area contributed by atoms with E-state index in [1.54, 1.807) is 6.07 Å². The summed E-state index contributed by atoms with van der Waals surface area (Å²) in [5, 5.41) is 3.02. The van der Waals surface area contributed by atoms with E-state index in [9.17, 15) is 9.59 Å². The molecule has 0 radical (unpaired) electrons. The first-order valence-electron chi connectivity index (χ1n) is 9.45. The molecule has 0 unspecified atom stereocenters. The topological polar surface area (TPSA) is 71.8 Å². The second kappa shape index (κ2) is 9.26. The van der Waals surface area contributed by atoms with Crippen molar-refractivity contribution in [1.29, 1.82) is 0 Å². The van der Waals surface area contributed by atoms with Gasteiger partial charge in [-0.25, -0.2) is 0 Å². The summed E-state index contributed by atoms with van der Waals surface area (Å²) in [4.78, 5) is 26.3. The van der Waals surface area contributed by atoms with E-state index in [-0.39, 0.29) is 11.8 Å².